The largest absolute Gasteiger partial charge is 0.453 e. The van der Waals surface area contributed by atoms with Crippen LogP contribution < -0.4 is 4.52 Å². The molecule has 0 N–H and O–H groups in total. The number of para-hydroxylation sites is 1. The molecule has 0 radical (unpaired) electrons. The van der Waals surface area contributed by atoms with E-state index in [1.807, 2.05) is 22.8 Å². The Balaban J connectivity index is 1.92. The highest BCUT2D eigenvalue weighted by molar-refractivity contribution is 8.87. The van der Waals surface area contributed by atoms with Crippen molar-refractivity contribution in [3.63, 3.8) is 0 Å². The highest BCUT2D eigenvalue weighted by Crippen LogP contribution is 2.61. The molecule has 0 aliphatic heterocycles. The van der Waals surface area contributed by atoms with E-state index < -0.39 is 6.55 Å². The molecular weight excluding hydrogens is 696 g/mol. The second kappa shape index (κ2) is 43.8. The van der Waals surface area contributed by atoms with Crippen molar-refractivity contribution in [1.29, 1.82) is 0 Å². The fourth-order valence-corrected chi connectivity index (χ4v) is 12.3. The summed E-state index contributed by atoms with van der Waals surface area (Å²) in [4.78, 5) is 0. The maximum atomic E-state index is 6.38. The molecule has 0 amide bonds. The van der Waals surface area contributed by atoms with Crippen LogP contribution in [0.2, 0.25) is 0 Å². The van der Waals surface area contributed by atoms with Gasteiger partial charge in [-0.25, -0.2) is 0 Å². The number of ether oxygens (including phenoxy) is 2. The molecule has 1 aromatic carbocycles. The highest BCUT2D eigenvalue weighted by Gasteiger charge is 2.13. The van der Waals surface area contributed by atoms with Crippen molar-refractivity contribution in [1.82, 2.24) is 0 Å². The first kappa shape index (κ1) is 50.1. The van der Waals surface area contributed by atoms with Gasteiger partial charge >= 0.3 is 0 Å². The average Bonchev–Trinajstić information content (AvgIpc) is 3.16. The summed E-state index contributed by atoms with van der Waals surface area (Å²) in [5.74, 6) is 2.95. The molecule has 0 aliphatic carbocycles. The van der Waals surface area contributed by atoms with Crippen LogP contribution in [0, 0.1) is 0 Å². The molecule has 0 atom stereocenters. The predicted octanol–water partition coefficient (Wildman–Crippen LogP) is 17.3. The summed E-state index contributed by atoms with van der Waals surface area (Å²) in [6.45, 7) is 7.38. The van der Waals surface area contributed by atoms with Crippen molar-refractivity contribution in [2.75, 3.05) is 37.9 Å². The molecule has 0 aliphatic rings. The molecule has 1 aromatic rings. The van der Waals surface area contributed by atoms with Gasteiger partial charge in [-0.15, -0.1) is 0 Å². The van der Waals surface area contributed by atoms with Gasteiger partial charge in [0, 0.05) is 24.7 Å². The van der Waals surface area contributed by atoms with Crippen LogP contribution in [0.4, 0.5) is 0 Å². The third kappa shape index (κ3) is 38.3. The van der Waals surface area contributed by atoms with Crippen molar-refractivity contribution >= 4 is 29.3 Å². The zero-order valence-corrected chi connectivity index (χ0v) is 37.3. The molecule has 52 heavy (non-hydrogen) atoms. The van der Waals surface area contributed by atoms with E-state index in [1.54, 1.807) is 0 Å². The van der Waals surface area contributed by atoms with Gasteiger partial charge in [0.15, 0.2) is 0 Å². The molecule has 0 fully saturated rings. The lowest BCUT2D eigenvalue weighted by Gasteiger charge is -2.17. The normalized spacial score (nSPS) is 11.6. The predicted molar refractivity (Wildman–Crippen MR) is 240 cm³/mol. The van der Waals surface area contributed by atoms with Gasteiger partial charge in [0.1, 0.15) is 5.75 Å². The molecule has 6 heteroatoms. The second-order valence-corrected chi connectivity index (χ2v) is 21.3. The number of hydrogen-bond donors (Lipinski definition) is 0. The Morgan fingerprint density at radius 2 is 0.654 bits per heavy atom. The third-order valence-corrected chi connectivity index (χ3v) is 16.2. The second-order valence-electron chi connectivity index (χ2n) is 15.1. The van der Waals surface area contributed by atoms with E-state index in [9.17, 15) is 0 Å². The minimum absolute atomic E-state index is 0.655. The smallest absolute Gasteiger partial charge is 0.210 e. The van der Waals surface area contributed by atoms with E-state index in [2.05, 4.69) is 44.2 Å². The first-order chi connectivity index (χ1) is 25.9. The fraction of sp³-hybridized carbons (Fsp3) is 0.870. The average molecular weight is 783 g/mol. The first-order valence-corrected chi connectivity index (χ1v) is 27.2. The SMILES string of the molecule is CCCCCCCCCCCCCCCCCCOCCSP(Oc1ccccc1)SCCOCCCCCCCCCCCCCCCCCC. The first-order valence-electron chi connectivity index (χ1n) is 22.8. The summed E-state index contributed by atoms with van der Waals surface area (Å²) >= 11 is 3.84. The van der Waals surface area contributed by atoms with Gasteiger partial charge in [-0.1, -0.05) is 247 Å². The lowest BCUT2D eigenvalue weighted by atomic mass is 10.0. The molecule has 1 rings (SSSR count). The molecule has 0 saturated heterocycles. The molecule has 0 bridgehead atoms. The van der Waals surface area contributed by atoms with Gasteiger partial charge in [-0.05, 0) is 25.0 Å². The minimum atomic E-state index is -0.655. The number of hydrogen-bond acceptors (Lipinski definition) is 5. The summed E-state index contributed by atoms with van der Waals surface area (Å²) in [7, 11) is 0. The maximum Gasteiger partial charge on any atom is 0.210 e. The molecule has 306 valence electrons. The van der Waals surface area contributed by atoms with Crippen LogP contribution in [0.3, 0.4) is 0 Å². The van der Waals surface area contributed by atoms with Crippen LogP contribution in [0.1, 0.15) is 219 Å². The Bertz CT molecular complexity index is 742. The molecule has 0 aromatic heterocycles. The molecule has 3 nitrogen and oxygen atoms in total. The number of rotatable bonds is 44. The Morgan fingerprint density at radius 1 is 0.365 bits per heavy atom. The molecule has 0 unspecified atom stereocenters. The fourth-order valence-electron chi connectivity index (χ4n) is 6.71. The zero-order chi connectivity index (χ0) is 37.1. The van der Waals surface area contributed by atoms with Crippen LogP contribution in [-0.4, -0.2) is 37.9 Å². The molecule has 0 heterocycles. The molecular formula is C46H87O3PS2. The molecule has 0 saturated carbocycles. The van der Waals surface area contributed by atoms with Crippen molar-refractivity contribution < 1.29 is 14.0 Å². The van der Waals surface area contributed by atoms with Crippen molar-refractivity contribution in [3.05, 3.63) is 30.3 Å². The van der Waals surface area contributed by atoms with E-state index >= 15 is 0 Å². The van der Waals surface area contributed by atoms with E-state index in [1.165, 1.54) is 205 Å². The van der Waals surface area contributed by atoms with Crippen LogP contribution in [0.5, 0.6) is 5.75 Å². The lowest BCUT2D eigenvalue weighted by Crippen LogP contribution is -2.01. The zero-order valence-electron chi connectivity index (χ0n) is 34.7. The van der Waals surface area contributed by atoms with Gasteiger partial charge < -0.3 is 14.0 Å². The van der Waals surface area contributed by atoms with Gasteiger partial charge in [0.05, 0.1) is 13.2 Å². The molecule has 0 spiro atoms. The van der Waals surface area contributed by atoms with E-state index in [4.69, 9.17) is 14.0 Å². The summed E-state index contributed by atoms with van der Waals surface area (Å²) in [5.41, 5.74) is 0. The summed E-state index contributed by atoms with van der Waals surface area (Å²) in [5, 5.41) is 0. The van der Waals surface area contributed by atoms with E-state index in [0.29, 0.717) is 0 Å². The van der Waals surface area contributed by atoms with Crippen LogP contribution in [-0.2, 0) is 9.47 Å². The van der Waals surface area contributed by atoms with Gasteiger partial charge in [-0.3, -0.25) is 0 Å². The Kier molecular flexibility index (Phi) is 42.2. The number of unbranched alkanes of at least 4 members (excludes halogenated alkanes) is 30. The minimum Gasteiger partial charge on any atom is -0.453 e. The summed E-state index contributed by atoms with van der Waals surface area (Å²) < 4.78 is 18.4. The van der Waals surface area contributed by atoms with E-state index in [-0.39, 0.29) is 0 Å². The van der Waals surface area contributed by atoms with Crippen LogP contribution >= 0.6 is 29.3 Å². The quantitative estimate of drug-likeness (QED) is 0.0485. The van der Waals surface area contributed by atoms with Crippen LogP contribution in [0.25, 0.3) is 0 Å². The van der Waals surface area contributed by atoms with Crippen molar-refractivity contribution in [2.24, 2.45) is 0 Å². The highest BCUT2D eigenvalue weighted by atomic mass is 33.1. The van der Waals surface area contributed by atoms with E-state index in [0.717, 1.165) is 43.7 Å². The van der Waals surface area contributed by atoms with Crippen LogP contribution in [0.15, 0.2) is 30.3 Å². The lowest BCUT2D eigenvalue weighted by molar-refractivity contribution is 0.145. The van der Waals surface area contributed by atoms with Crippen molar-refractivity contribution in [2.45, 2.75) is 219 Å². The summed E-state index contributed by atoms with van der Waals surface area (Å²) in [6, 6.07) is 10.3. The van der Waals surface area contributed by atoms with Gasteiger partial charge in [0.25, 0.3) is 0 Å². The van der Waals surface area contributed by atoms with Gasteiger partial charge in [0.2, 0.25) is 6.55 Å². The maximum absolute atomic E-state index is 6.38. The summed E-state index contributed by atoms with van der Waals surface area (Å²) in [6.07, 6.45) is 45.1. The monoisotopic (exact) mass is 783 g/mol. The topological polar surface area (TPSA) is 27.7 Å². The van der Waals surface area contributed by atoms with Gasteiger partial charge in [-0.2, -0.15) is 0 Å². The Hall–Kier alpha value is 0.0700. The number of benzene rings is 1. The Morgan fingerprint density at radius 3 is 0.962 bits per heavy atom. The van der Waals surface area contributed by atoms with Crippen molar-refractivity contribution in [3.8, 4) is 5.75 Å². The Labute approximate surface area is 335 Å². The third-order valence-electron chi connectivity index (χ3n) is 10.1. The standard InChI is InChI=1S/C46H87O3PS2/c1-3-5-7-9-11-13-15-17-19-21-23-25-27-29-31-36-40-47-42-44-51-50(49-46-38-34-33-35-39-46)52-45-43-48-41-37-32-30-28-26-24-22-20-18-16-14-12-10-8-6-4-2/h33-35,38-39H,3-32,36-37,40-45H2,1-2H3.